The van der Waals surface area contributed by atoms with Gasteiger partial charge in [-0.25, -0.2) is 9.59 Å². The topological polar surface area (TPSA) is 76.2 Å². The van der Waals surface area contributed by atoms with Crippen LogP contribution in [0.25, 0.3) is 0 Å². The molecule has 6 rings (SSSR count). The first-order valence-electron chi connectivity index (χ1n) is 13.0. The molecule has 8 nitrogen and oxygen atoms in total. The number of carbonyl (C=O) groups is 3. The van der Waals surface area contributed by atoms with Gasteiger partial charge < -0.3 is 20.0 Å². The molecule has 0 bridgehead atoms. The zero-order chi connectivity index (χ0) is 24.8. The molecule has 5 amide bonds. The Labute approximate surface area is 211 Å². The summed E-state index contributed by atoms with van der Waals surface area (Å²) >= 11 is 0. The van der Waals surface area contributed by atoms with E-state index in [0.29, 0.717) is 13.1 Å². The Morgan fingerprint density at radius 3 is 2.22 bits per heavy atom. The van der Waals surface area contributed by atoms with Gasteiger partial charge in [-0.05, 0) is 37.6 Å². The van der Waals surface area contributed by atoms with Crippen molar-refractivity contribution in [3.05, 3.63) is 71.8 Å². The van der Waals surface area contributed by atoms with Gasteiger partial charge in [0.2, 0.25) is 0 Å². The van der Waals surface area contributed by atoms with Crippen molar-refractivity contribution < 1.29 is 14.4 Å². The molecule has 188 valence electrons. The van der Waals surface area contributed by atoms with Gasteiger partial charge in [0.1, 0.15) is 6.04 Å². The third-order valence-corrected chi connectivity index (χ3v) is 8.31. The number of piperazine rings is 1. The third-order valence-electron chi connectivity index (χ3n) is 8.31. The van der Waals surface area contributed by atoms with E-state index >= 15 is 0 Å². The number of nitrogens with one attached hydrogen (secondary N) is 1. The Morgan fingerprint density at radius 1 is 0.861 bits per heavy atom. The van der Waals surface area contributed by atoms with Crippen molar-refractivity contribution in [3.63, 3.8) is 0 Å². The zero-order valence-electron chi connectivity index (χ0n) is 20.6. The van der Waals surface area contributed by atoms with E-state index in [4.69, 9.17) is 0 Å². The van der Waals surface area contributed by atoms with Gasteiger partial charge in [-0.1, -0.05) is 60.7 Å². The number of benzene rings is 2. The van der Waals surface area contributed by atoms with Crippen LogP contribution in [0.5, 0.6) is 0 Å². The van der Waals surface area contributed by atoms with E-state index in [0.717, 1.165) is 25.9 Å². The predicted molar refractivity (Wildman–Crippen MR) is 136 cm³/mol. The van der Waals surface area contributed by atoms with Crippen LogP contribution in [0.15, 0.2) is 60.7 Å². The number of hydrogen-bond acceptors (Lipinski definition) is 4. The van der Waals surface area contributed by atoms with E-state index in [9.17, 15) is 14.4 Å². The fraction of sp³-hybridized carbons (Fsp3) is 0.464. The zero-order valence-corrected chi connectivity index (χ0v) is 20.6. The highest BCUT2D eigenvalue weighted by Gasteiger charge is 2.56. The molecule has 0 radical (unpaired) electrons. The molecule has 3 aliphatic heterocycles. The van der Waals surface area contributed by atoms with Crippen LogP contribution in [0.3, 0.4) is 0 Å². The lowest BCUT2D eigenvalue weighted by atomic mass is 9.86. The third kappa shape index (κ3) is 4.13. The molecular formula is C28H33N5O3. The minimum Gasteiger partial charge on any atom is -0.335 e. The smallest absolute Gasteiger partial charge is 0.327 e. The maximum Gasteiger partial charge on any atom is 0.327 e. The molecule has 1 aliphatic carbocycles. The number of imide groups is 1. The van der Waals surface area contributed by atoms with E-state index in [1.54, 1.807) is 9.80 Å². The second-order valence-corrected chi connectivity index (χ2v) is 10.6. The number of likely N-dealkylation sites (tertiary alicyclic amines) is 1. The first-order valence-corrected chi connectivity index (χ1v) is 13.0. The van der Waals surface area contributed by atoms with Crippen LogP contribution in [-0.2, 0) is 4.79 Å². The molecule has 1 N–H and O–H groups in total. The summed E-state index contributed by atoms with van der Waals surface area (Å²) in [4.78, 5) is 47.0. The molecule has 2 aromatic carbocycles. The summed E-state index contributed by atoms with van der Waals surface area (Å²) in [5, 5.41) is 3.27. The maximum absolute atomic E-state index is 13.3. The van der Waals surface area contributed by atoms with Crippen molar-refractivity contribution in [2.75, 3.05) is 39.8 Å². The molecule has 5 atom stereocenters. The lowest BCUT2D eigenvalue weighted by Crippen LogP contribution is -2.59. The molecule has 8 heteroatoms. The van der Waals surface area contributed by atoms with Gasteiger partial charge in [0.15, 0.2) is 0 Å². The largest absolute Gasteiger partial charge is 0.335 e. The second kappa shape index (κ2) is 9.24. The molecular weight excluding hydrogens is 454 g/mol. The lowest BCUT2D eigenvalue weighted by molar-refractivity contribution is -0.129. The van der Waals surface area contributed by atoms with Crippen molar-refractivity contribution >= 4 is 18.0 Å². The number of piperidine rings is 1. The van der Waals surface area contributed by atoms with Gasteiger partial charge in [0, 0.05) is 43.6 Å². The van der Waals surface area contributed by atoms with Crippen molar-refractivity contribution in [1.29, 1.82) is 0 Å². The average Bonchev–Trinajstić information content (AvgIpc) is 3.66. The van der Waals surface area contributed by atoms with Crippen LogP contribution < -0.4 is 5.32 Å². The molecule has 0 aromatic heterocycles. The quantitative estimate of drug-likeness (QED) is 0.673. The van der Waals surface area contributed by atoms with Crippen molar-refractivity contribution in [1.82, 2.24) is 24.9 Å². The molecule has 4 aliphatic rings. The number of amides is 5. The summed E-state index contributed by atoms with van der Waals surface area (Å²) in [7, 11) is 2.11. The average molecular weight is 488 g/mol. The summed E-state index contributed by atoms with van der Waals surface area (Å²) in [5.41, 5.74) is 2.39. The summed E-state index contributed by atoms with van der Waals surface area (Å²) in [5.74, 6) is 0.256. The highest BCUT2D eigenvalue weighted by atomic mass is 16.2. The Balaban J connectivity index is 1.11. The summed E-state index contributed by atoms with van der Waals surface area (Å²) < 4.78 is 0. The maximum atomic E-state index is 13.3. The van der Waals surface area contributed by atoms with E-state index in [-0.39, 0.29) is 48.4 Å². The molecule has 1 saturated carbocycles. The molecule has 2 unspecified atom stereocenters. The summed E-state index contributed by atoms with van der Waals surface area (Å²) in [6.45, 7) is 2.88. The Bertz CT molecular complexity index is 1140. The van der Waals surface area contributed by atoms with Gasteiger partial charge in [-0.2, -0.15) is 0 Å². The molecule has 36 heavy (non-hydrogen) atoms. The number of urea groups is 2. The summed E-state index contributed by atoms with van der Waals surface area (Å²) in [6.07, 6.45) is 1.68. The van der Waals surface area contributed by atoms with Crippen molar-refractivity contribution in [3.8, 4) is 0 Å². The van der Waals surface area contributed by atoms with E-state index in [2.05, 4.69) is 41.5 Å². The van der Waals surface area contributed by atoms with Crippen LogP contribution in [-0.4, -0.2) is 95.5 Å². The van der Waals surface area contributed by atoms with Crippen LogP contribution in [0.2, 0.25) is 0 Å². The number of hydrogen-bond donors (Lipinski definition) is 1. The standard InChI is InChI=1S/C28H33N5O3/c1-30-13-12-23(22(17-30)20-10-6-3-7-11-20)29-27(35)31-14-15-32-25(18-31)26(34)33(28(32)36)24-16-21(24)19-8-4-2-5-9-19/h2-11,21-25H,12-18H2,1H3,(H,29,35)/t21-,22?,23?,24+,25+/m1/s1. The highest BCUT2D eigenvalue weighted by molar-refractivity contribution is 6.05. The molecule has 0 spiro atoms. The molecule has 3 saturated heterocycles. The Morgan fingerprint density at radius 2 is 1.53 bits per heavy atom. The van der Waals surface area contributed by atoms with Gasteiger partial charge >= 0.3 is 12.1 Å². The monoisotopic (exact) mass is 487 g/mol. The Hall–Kier alpha value is -3.39. The fourth-order valence-electron chi connectivity index (χ4n) is 6.21. The van der Waals surface area contributed by atoms with Gasteiger partial charge in [-0.3, -0.25) is 9.69 Å². The van der Waals surface area contributed by atoms with Gasteiger partial charge in [0.05, 0.1) is 6.54 Å². The minimum absolute atomic E-state index is 0.0321. The first-order chi connectivity index (χ1) is 17.5. The number of likely N-dealkylation sites (N-methyl/N-ethyl adjacent to an activating group) is 1. The van der Waals surface area contributed by atoms with Crippen LogP contribution in [0, 0.1) is 0 Å². The SMILES string of the molecule is CN1CCC(NC(=O)N2CCN3C(=O)N([C@H]4C[C@@H]4c4ccccc4)C(=O)[C@@H]3C2)C(c2ccccc2)C1. The van der Waals surface area contributed by atoms with E-state index in [1.807, 2.05) is 36.4 Å². The summed E-state index contributed by atoms with van der Waals surface area (Å²) in [6, 6.07) is 19.4. The van der Waals surface area contributed by atoms with Gasteiger partial charge in [0.25, 0.3) is 5.91 Å². The fourth-order valence-corrected chi connectivity index (χ4v) is 6.21. The van der Waals surface area contributed by atoms with E-state index < -0.39 is 6.04 Å². The normalized spacial score (nSPS) is 30.4. The Kier molecular flexibility index (Phi) is 5.91. The van der Waals surface area contributed by atoms with Crippen LogP contribution in [0.4, 0.5) is 9.59 Å². The van der Waals surface area contributed by atoms with Crippen LogP contribution >= 0.6 is 0 Å². The van der Waals surface area contributed by atoms with Crippen molar-refractivity contribution in [2.45, 2.75) is 42.8 Å². The van der Waals surface area contributed by atoms with E-state index in [1.165, 1.54) is 16.0 Å². The molecule has 4 fully saturated rings. The van der Waals surface area contributed by atoms with Crippen molar-refractivity contribution in [2.24, 2.45) is 0 Å². The number of nitrogens with zero attached hydrogens (tertiary/aromatic N) is 4. The van der Waals surface area contributed by atoms with Crippen LogP contribution in [0.1, 0.15) is 35.8 Å². The second-order valence-electron chi connectivity index (χ2n) is 10.6. The molecule has 2 aromatic rings. The number of fused-ring (bicyclic) bond motifs is 1. The van der Waals surface area contributed by atoms with Gasteiger partial charge in [-0.15, -0.1) is 0 Å². The minimum atomic E-state index is -0.587. The predicted octanol–water partition coefficient (Wildman–Crippen LogP) is 2.69. The molecule has 3 heterocycles. The first kappa shape index (κ1) is 23.0. The highest BCUT2D eigenvalue weighted by Crippen LogP contribution is 2.46. The number of carbonyl (C=O) groups excluding carboxylic acids is 3. The number of rotatable bonds is 4. The lowest BCUT2D eigenvalue weighted by Gasteiger charge is -2.40.